The van der Waals surface area contributed by atoms with Crippen LogP contribution in [0.25, 0.3) is 0 Å². The summed E-state index contributed by atoms with van der Waals surface area (Å²) in [6.45, 7) is 0. The summed E-state index contributed by atoms with van der Waals surface area (Å²) in [5, 5.41) is 13.1. The molecule has 0 aliphatic heterocycles. The summed E-state index contributed by atoms with van der Waals surface area (Å²) in [6.07, 6.45) is -0.0146. The van der Waals surface area contributed by atoms with E-state index in [1.165, 1.54) is 0 Å². The molecule has 0 fully saturated rings. The highest BCUT2D eigenvalue weighted by Crippen LogP contribution is 2.33. The monoisotopic (exact) mass is 345 g/mol. The topological polar surface area (TPSA) is 66.4 Å². The first kappa shape index (κ1) is 14.0. The quantitative estimate of drug-likeness (QED) is 0.822. The molecule has 0 spiro atoms. The molecule has 1 aliphatic carbocycles. The van der Waals surface area contributed by atoms with Gasteiger partial charge in [-0.3, -0.25) is 9.59 Å². The van der Waals surface area contributed by atoms with Gasteiger partial charge in [0.05, 0.1) is 0 Å². The van der Waals surface area contributed by atoms with Crippen LogP contribution in [0.1, 0.15) is 15.9 Å². The minimum atomic E-state index is -2.04. The maximum absolute atomic E-state index is 12.3. The highest BCUT2D eigenvalue weighted by Gasteiger charge is 2.50. The second-order valence-corrected chi connectivity index (χ2v) is 5.90. The molecule has 0 bridgehead atoms. The molecule has 106 valence electrons. The molecule has 5 heteroatoms. The summed E-state index contributed by atoms with van der Waals surface area (Å²) in [5.41, 5.74) is -0.441. The molecule has 0 unspecified atom stereocenters. The first-order chi connectivity index (χ1) is 10.0. The van der Waals surface area contributed by atoms with E-state index < -0.39 is 17.3 Å². The predicted molar refractivity (Wildman–Crippen MR) is 82.2 cm³/mol. The van der Waals surface area contributed by atoms with Crippen LogP contribution in [0.15, 0.2) is 53.0 Å². The number of para-hydroxylation sites is 1. The molecule has 1 atom stereocenters. The fraction of sp³-hybridized carbons (Fsp3) is 0.125. The Hall–Kier alpha value is -1.98. The number of halogens is 1. The summed E-state index contributed by atoms with van der Waals surface area (Å²) in [4.78, 5) is 24.6. The van der Waals surface area contributed by atoms with E-state index in [0.717, 1.165) is 4.47 Å². The van der Waals surface area contributed by atoms with Crippen molar-refractivity contribution >= 4 is 33.3 Å². The van der Waals surface area contributed by atoms with Gasteiger partial charge in [0.1, 0.15) is 0 Å². The van der Waals surface area contributed by atoms with Gasteiger partial charge in [-0.1, -0.05) is 34.1 Å². The third kappa shape index (κ3) is 2.39. The number of fused-ring (bicyclic) bond motifs is 1. The van der Waals surface area contributed by atoms with Crippen LogP contribution in [-0.4, -0.2) is 22.4 Å². The molecular formula is C16H12BrNO3. The smallest absolute Gasteiger partial charge is 0.264 e. The number of hydrogen-bond acceptors (Lipinski definition) is 3. The van der Waals surface area contributed by atoms with Crippen LogP contribution < -0.4 is 5.32 Å². The van der Waals surface area contributed by atoms with Crippen molar-refractivity contribution < 1.29 is 14.7 Å². The fourth-order valence-corrected chi connectivity index (χ4v) is 2.86. The number of aliphatic hydroxyl groups is 1. The highest BCUT2D eigenvalue weighted by atomic mass is 79.9. The first-order valence-electron chi connectivity index (χ1n) is 6.43. The lowest BCUT2D eigenvalue weighted by atomic mass is 9.98. The lowest BCUT2D eigenvalue weighted by Gasteiger charge is -2.19. The Morgan fingerprint density at radius 2 is 1.90 bits per heavy atom. The van der Waals surface area contributed by atoms with Crippen molar-refractivity contribution in [3.05, 3.63) is 64.1 Å². The van der Waals surface area contributed by atoms with Gasteiger partial charge < -0.3 is 10.4 Å². The molecule has 2 aromatic rings. The van der Waals surface area contributed by atoms with Crippen LogP contribution >= 0.6 is 15.9 Å². The second-order valence-electron chi connectivity index (χ2n) is 4.99. The third-order valence-corrected chi connectivity index (χ3v) is 4.03. The molecule has 21 heavy (non-hydrogen) atoms. The Balaban J connectivity index is 1.89. The molecule has 0 heterocycles. The Labute approximate surface area is 129 Å². The average Bonchev–Trinajstić information content (AvgIpc) is 2.72. The van der Waals surface area contributed by atoms with Crippen molar-refractivity contribution in [1.29, 1.82) is 0 Å². The van der Waals surface area contributed by atoms with E-state index in [-0.39, 0.29) is 6.42 Å². The Morgan fingerprint density at radius 1 is 1.19 bits per heavy atom. The Kier molecular flexibility index (Phi) is 3.39. The molecule has 0 radical (unpaired) electrons. The Bertz CT molecular complexity index is 730. The van der Waals surface area contributed by atoms with E-state index >= 15 is 0 Å². The number of anilines is 1. The van der Waals surface area contributed by atoms with Crippen molar-refractivity contribution in [2.45, 2.75) is 12.0 Å². The molecule has 1 aliphatic rings. The average molecular weight is 346 g/mol. The number of rotatable bonds is 2. The van der Waals surface area contributed by atoms with Crippen molar-refractivity contribution in [2.24, 2.45) is 0 Å². The van der Waals surface area contributed by atoms with Crippen LogP contribution in [0.4, 0.5) is 5.69 Å². The van der Waals surface area contributed by atoms with Crippen LogP contribution in [0.5, 0.6) is 0 Å². The zero-order valence-electron chi connectivity index (χ0n) is 11.0. The predicted octanol–water partition coefficient (Wildman–Crippen LogP) is 2.56. The van der Waals surface area contributed by atoms with Gasteiger partial charge in [-0.15, -0.1) is 0 Å². The molecule has 4 nitrogen and oxygen atoms in total. The van der Waals surface area contributed by atoms with Gasteiger partial charge in [-0.2, -0.15) is 0 Å². The van der Waals surface area contributed by atoms with Crippen LogP contribution in [0.3, 0.4) is 0 Å². The zero-order valence-corrected chi connectivity index (χ0v) is 12.6. The summed E-state index contributed by atoms with van der Waals surface area (Å²) in [6, 6.07) is 13.8. The summed E-state index contributed by atoms with van der Waals surface area (Å²) in [7, 11) is 0. The zero-order chi connectivity index (χ0) is 15.0. The number of Topliss-reactive ketones (excluding diaryl/α,β-unsaturated/α-hetero) is 1. The van der Waals surface area contributed by atoms with E-state index in [1.807, 2.05) is 6.07 Å². The van der Waals surface area contributed by atoms with Gasteiger partial charge in [0.25, 0.3) is 5.91 Å². The standard InChI is InChI=1S/C16H12BrNO3/c17-11-6-7-13-10(8-11)9-16(21,14(13)19)15(20)18-12-4-2-1-3-5-12/h1-8,21H,9H2,(H,18,20)/t16-/m1/s1. The Morgan fingerprint density at radius 3 is 2.62 bits per heavy atom. The summed E-state index contributed by atoms with van der Waals surface area (Å²) in [5.74, 6) is -1.26. The lowest BCUT2D eigenvalue weighted by molar-refractivity contribution is -0.129. The maximum atomic E-state index is 12.3. The van der Waals surface area contributed by atoms with Gasteiger partial charge >= 0.3 is 0 Å². The minimum Gasteiger partial charge on any atom is -0.373 e. The minimum absolute atomic E-state index is 0.0146. The number of carbonyl (C=O) groups is 2. The fourth-order valence-electron chi connectivity index (χ4n) is 2.45. The van der Waals surface area contributed by atoms with E-state index in [4.69, 9.17) is 0 Å². The van der Waals surface area contributed by atoms with Gasteiger partial charge in [0, 0.05) is 22.1 Å². The van der Waals surface area contributed by atoms with Crippen LogP contribution in [-0.2, 0) is 11.2 Å². The maximum Gasteiger partial charge on any atom is 0.264 e. The molecule has 3 rings (SSSR count). The second kappa shape index (κ2) is 5.09. The highest BCUT2D eigenvalue weighted by molar-refractivity contribution is 9.10. The number of ketones is 1. The molecule has 0 saturated heterocycles. The number of carbonyl (C=O) groups excluding carboxylic acids is 2. The summed E-state index contributed by atoms with van der Waals surface area (Å²) < 4.78 is 0.807. The molecule has 2 N–H and O–H groups in total. The number of nitrogens with one attached hydrogen (secondary N) is 1. The number of hydrogen-bond donors (Lipinski definition) is 2. The van der Waals surface area contributed by atoms with Crippen molar-refractivity contribution in [2.75, 3.05) is 5.32 Å². The SMILES string of the molecule is O=C(Nc1ccccc1)[C@@]1(O)Cc2cc(Br)ccc2C1=O. The first-order valence-corrected chi connectivity index (χ1v) is 7.22. The molecule has 2 aromatic carbocycles. The van der Waals surface area contributed by atoms with E-state index in [9.17, 15) is 14.7 Å². The van der Waals surface area contributed by atoms with E-state index in [0.29, 0.717) is 16.8 Å². The largest absolute Gasteiger partial charge is 0.373 e. The third-order valence-electron chi connectivity index (χ3n) is 3.54. The van der Waals surface area contributed by atoms with Gasteiger partial charge in [-0.05, 0) is 35.9 Å². The summed E-state index contributed by atoms with van der Waals surface area (Å²) >= 11 is 3.32. The van der Waals surface area contributed by atoms with E-state index in [2.05, 4.69) is 21.2 Å². The normalized spacial score (nSPS) is 20.2. The van der Waals surface area contributed by atoms with Crippen LogP contribution in [0, 0.1) is 0 Å². The van der Waals surface area contributed by atoms with Crippen molar-refractivity contribution in [1.82, 2.24) is 0 Å². The molecule has 0 aromatic heterocycles. The van der Waals surface area contributed by atoms with Gasteiger partial charge in [0.2, 0.25) is 11.4 Å². The molecular weight excluding hydrogens is 334 g/mol. The molecule has 1 amide bonds. The van der Waals surface area contributed by atoms with Crippen molar-refractivity contribution in [3.8, 4) is 0 Å². The number of benzene rings is 2. The van der Waals surface area contributed by atoms with Gasteiger partial charge in [0.15, 0.2) is 0 Å². The van der Waals surface area contributed by atoms with Crippen LogP contribution in [0.2, 0.25) is 0 Å². The lowest BCUT2D eigenvalue weighted by Crippen LogP contribution is -2.48. The van der Waals surface area contributed by atoms with Crippen molar-refractivity contribution in [3.63, 3.8) is 0 Å². The van der Waals surface area contributed by atoms with Gasteiger partial charge in [-0.25, -0.2) is 0 Å². The van der Waals surface area contributed by atoms with E-state index in [1.54, 1.807) is 42.5 Å². The molecule has 0 saturated carbocycles. The number of amides is 1.